The number of rotatable bonds is 3. The highest BCUT2D eigenvalue weighted by atomic mass is 16.3. The summed E-state index contributed by atoms with van der Waals surface area (Å²) in [5.74, 6) is -0.0915. The van der Waals surface area contributed by atoms with Crippen LogP contribution in [-0.4, -0.2) is 22.6 Å². The monoisotopic (exact) mass is 192 g/mol. The lowest BCUT2D eigenvalue weighted by Crippen LogP contribution is -2.27. The van der Waals surface area contributed by atoms with Gasteiger partial charge in [-0.25, -0.2) is 0 Å². The number of carbonyl (C=O) groups excluding carboxylic acids is 1. The zero-order valence-electron chi connectivity index (χ0n) is 7.73. The van der Waals surface area contributed by atoms with Crippen molar-refractivity contribution in [2.45, 2.75) is 12.8 Å². The molecule has 1 saturated carbocycles. The normalized spacial score (nSPS) is 17.5. The van der Waals surface area contributed by atoms with Crippen LogP contribution in [0.25, 0.3) is 0 Å². The minimum atomic E-state index is -0.511. The van der Waals surface area contributed by atoms with E-state index in [2.05, 4.69) is 10.3 Å². The Balaban J connectivity index is 2.02. The highest BCUT2D eigenvalue weighted by molar-refractivity contribution is 5.97. The molecule has 0 saturated heterocycles. The SMILES string of the molecule is O=C(Nc1ccncc1)C1(CO)CC1. The molecular formula is C10H12N2O2. The number of carbonyl (C=O) groups is 1. The van der Waals surface area contributed by atoms with Crippen LogP contribution < -0.4 is 5.32 Å². The molecule has 0 aromatic carbocycles. The van der Waals surface area contributed by atoms with Crippen LogP contribution in [0.15, 0.2) is 24.5 Å². The van der Waals surface area contributed by atoms with Crippen molar-refractivity contribution < 1.29 is 9.90 Å². The van der Waals surface area contributed by atoms with Crippen molar-refractivity contribution in [1.29, 1.82) is 0 Å². The first kappa shape index (κ1) is 9.15. The van der Waals surface area contributed by atoms with Gasteiger partial charge in [0, 0.05) is 18.1 Å². The largest absolute Gasteiger partial charge is 0.395 e. The van der Waals surface area contributed by atoms with E-state index in [1.54, 1.807) is 24.5 Å². The van der Waals surface area contributed by atoms with Crippen LogP contribution in [0, 0.1) is 5.41 Å². The van der Waals surface area contributed by atoms with E-state index in [-0.39, 0.29) is 12.5 Å². The molecule has 0 aliphatic heterocycles. The molecule has 4 heteroatoms. The standard InChI is InChI=1S/C10H12N2O2/c13-7-10(3-4-10)9(14)12-8-1-5-11-6-2-8/h1-2,5-6,13H,3-4,7H2,(H,11,12,14). The molecule has 14 heavy (non-hydrogen) atoms. The molecule has 74 valence electrons. The summed E-state index contributed by atoms with van der Waals surface area (Å²) in [4.78, 5) is 15.5. The third-order valence-corrected chi connectivity index (χ3v) is 2.58. The molecule has 0 atom stereocenters. The molecule has 1 aliphatic rings. The maximum Gasteiger partial charge on any atom is 0.232 e. The van der Waals surface area contributed by atoms with Crippen LogP contribution in [0.1, 0.15) is 12.8 Å². The van der Waals surface area contributed by atoms with Gasteiger partial charge < -0.3 is 10.4 Å². The molecule has 1 amide bonds. The average molecular weight is 192 g/mol. The summed E-state index contributed by atoms with van der Waals surface area (Å²) in [5, 5.41) is 11.8. The lowest BCUT2D eigenvalue weighted by Gasteiger charge is -2.11. The van der Waals surface area contributed by atoms with Crippen molar-refractivity contribution >= 4 is 11.6 Å². The minimum absolute atomic E-state index is 0.0656. The molecule has 1 aromatic rings. The first-order valence-electron chi connectivity index (χ1n) is 4.59. The van der Waals surface area contributed by atoms with Gasteiger partial charge in [0.15, 0.2) is 0 Å². The molecule has 0 spiro atoms. The fourth-order valence-corrected chi connectivity index (χ4v) is 1.31. The fourth-order valence-electron chi connectivity index (χ4n) is 1.31. The Hall–Kier alpha value is -1.42. The zero-order chi connectivity index (χ0) is 10.0. The van der Waals surface area contributed by atoms with Crippen LogP contribution in [0.2, 0.25) is 0 Å². The van der Waals surface area contributed by atoms with Crippen LogP contribution in [0.3, 0.4) is 0 Å². The van der Waals surface area contributed by atoms with Crippen molar-refractivity contribution in [3.63, 3.8) is 0 Å². The Kier molecular flexibility index (Phi) is 2.21. The van der Waals surface area contributed by atoms with E-state index < -0.39 is 5.41 Å². The lowest BCUT2D eigenvalue weighted by molar-refractivity contribution is -0.122. The summed E-state index contributed by atoms with van der Waals surface area (Å²) >= 11 is 0. The molecule has 1 heterocycles. The van der Waals surface area contributed by atoms with Gasteiger partial charge in [-0.05, 0) is 25.0 Å². The van der Waals surface area contributed by atoms with Crippen molar-refractivity contribution in [3.8, 4) is 0 Å². The second-order valence-electron chi connectivity index (χ2n) is 3.63. The molecule has 4 nitrogen and oxygen atoms in total. The predicted molar refractivity (Wildman–Crippen MR) is 51.6 cm³/mol. The molecular weight excluding hydrogens is 180 g/mol. The number of hydrogen-bond donors (Lipinski definition) is 2. The molecule has 1 aliphatic carbocycles. The number of amides is 1. The summed E-state index contributed by atoms with van der Waals surface area (Å²) in [6.45, 7) is -0.0656. The number of aliphatic hydroxyl groups excluding tert-OH is 1. The molecule has 0 radical (unpaired) electrons. The van der Waals surface area contributed by atoms with Crippen molar-refractivity contribution in [1.82, 2.24) is 4.98 Å². The quantitative estimate of drug-likeness (QED) is 0.744. The molecule has 0 bridgehead atoms. The van der Waals surface area contributed by atoms with E-state index in [4.69, 9.17) is 5.11 Å². The fraction of sp³-hybridized carbons (Fsp3) is 0.400. The molecule has 1 aromatic heterocycles. The van der Waals surface area contributed by atoms with Gasteiger partial charge in [0.05, 0.1) is 12.0 Å². The molecule has 1 fully saturated rings. The van der Waals surface area contributed by atoms with E-state index in [0.717, 1.165) is 18.5 Å². The Morgan fingerprint density at radius 2 is 2.14 bits per heavy atom. The van der Waals surface area contributed by atoms with E-state index in [9.17, 15) is 4.79 Å². The maximum atomic E-state index is 11.6. The first-order chi connectivity index (χ1) is 6.77. The average Bonchev–Trinajstić information content (AvgIpc) is 3.00. The van der Waals surface area contributed by atoms with Gasteiger partial charge in [-0.1, -0.05) is 0 Å². The maximum absolute atomic E-state index is 11.6. The van der Waals surface area contributed by atoms with Gasteiger partial charge in [-0.2, -0.15) is 0 Å². The van der Waals surface area contributed by atoms with Crippen LogP contribution in [0.5, 0.6) is 0 Å². The number of pyridine rings is 1. The number of aromatic nitrogens is 1. The van der Waals surface area contributed by atoms with Crippen LogP contribution >= 0.6 is 0 Å². The van der Waals surface area contributed by atoms with Crippen molar-refractivity contribution in [2.75, 3.05) is 11.9 Å². The highest BCUT2D eigenvalue weighted by Gasteiger charge is 2.49. The Morgan fingerprint density at radius 1 is 1.50 bits per heavy atom. The molecule has 2 N–H and O–H groups in total. The summed E-state index contributed by atoms with van der Waals surface area (Å²) in [5.41, 5.74) is 0.216. The van der Waals surface area contributed by atoms with Crippen molar-refractivity contribution in [3.05, 3.63) is 24.5 Å². The zero-order valence-corrected chi connectivity index (χ0v) is 7.73. The van der Waals surface area contributed by atoms with Gasteiger partial charge in [-0.15, -0.1) is 0 Å². The number of nitrogens with one attached hydrogen (secondary N) is 1. The van der Waals surface area contributed by atoms with Gasteiger partial charge in [0.25, 0.3) is 0 Å². The third kappa shape index (κ3) is 1.61. The second kappa shape index (κ2) is 3.38. The van der Waals surface area contributed by atoms with Gasteiger partial charge in [0.1, 0.15) is 0 Å². The van der Waals surface area contributed by atoms with E-state index in [0.29, 0.717) is 0 Å². The van der Waals surface area contributed by atoms with Gasteiger partial charge in [0.2, 0.25) is 5.91 Å². The van der Waals surface area contributed by atoms with Crippen molar-refractivity contribution in [2.24, 2.45) is 5.41 Å². The second-order valence-corrected chi connectivity index (χ2v) is 3.63. The van der Waals surface area contributed by atoms with E-state index >= 15 is 0 Å². The van der Waals surface area contributed by atoms with E-state index in [1.807, 2.05) is 0 Å². The highest BCUT2D eigenvalue weighted by Crippen LogP contribution is 2.45. The third-order valence-electron chi connectivity index (χ3n) is 2.58. The Labute approximate surface area is 82.0 Å². The van der Waals surface area contributed by atoms with Crippen LogP contribution in [0.4, 0.5) is 5.69 Å². The van der Waals surface area contributed by atoms with Crippen LogP contribution in [-0.2, 0) is 4.79 Å². The smallest absolute Gasteiger partial charge is 0.232 e. The topological polar surface area (TPSA) is 62.2 Å². The number of nitrogens with zero attached hydrogens (tertiary/aromatic N) is 1. The number of aliphatic hydroxyl groups is 1. The summed E-state index contributed by atoms with van der Waals surface area (Å²) in [7, 11) is 0. The summed E-state index contributed by atoms with van der Waals surface area (Å²) in [6.07, 6.45) is 4.79. The predicted octanol–water partition coefficient (Wildman–Crippen LogP) is 0.793. The molecule has 2 rings (SSSR count). The first-order valence-corrected chi connectivity index (χ1v) is 4.59. The Bertz CT molecular complexity index is 333. The van der Waals surface area contributed by atoms with Gasteiger partial charge in [-0.3, -0.25) is 9.78 Å². The number of anilines is 1. The minimum Gasteiger partial charge on any atom is -0.395 e. The van der Waals surface area contributed by atoms with E-state index in [1.165, 1.54) is 0 Å². The summed E-state index contributed by atoms with van der Waals surface area (Å²) in [6, 6.07) is 3.46. The Morgan fingerprint density at radius 3 is 2.64 bits per heavy atom. The molecule has 0 unspecified atom stereocenters. The lowest BCUT2D eigenvalue weighted by atomic mass is 10.1. The van der Waals surface area contributed by atoms with Gasteiger partial charge >= 0.3 is 0 Å². The number of hydrogen-bond acceptors (Lipinski definition) is 3. The summed E-state index contributed by atoms with van der Waals surface area (Å²) < 4.78 is 0.